The van der Waals surface area contributed by atoms with Crippen LogP contribution in [0.5, 0.6) is 0 Å². The van der Waals surface area contributed by atoms with Gasteiger partial charge in [0.25, 0.3) is 0 Å². The molecule has 2 aromatic rings. The lowest BCUT2D eigenvalue weighted by molar-refractivity contribution is -0.416. The van der Waals surface area contributed by atoms with E-state index in [0.29, 0.717) is 0 Å². The molecule has 0 saturated heterocycles. The summed E-state index contributed by atoms with van der Waals surface area (Å²) in [6.45, 7) is 0. The summed E-state index contributed by atoms with van der Waals surface area (Å²) in [6, 6.07) is 14.0. The van der Waals surface area contributed by atoms with Gasteiger partial charge in [0.1, 0.15) is 7.05 Å². The fourth-order valence-electron chi connectivity index (χ4n) is 1.56. The average Bonchev–Trinajstić information content (AvgIpc) is 2.18. The third-order valence-corrected chi connectivity index (χ3v) is 2.14. The predicted molar refractivity (Wildman–Crippen MR) is 58.7 cm³/mol. The summed E-state index contributed by atoms with van der Waals surface area (Å²) in [5.41, 5.74) is 0.959. The maximum absolute atomic E-state index is 10.9. The van der Waals surface area contributed by atoms with E-state index < -0.39 is 0 Å². The Morgan fingerprint density at radius 2 is 1.79 bits per heavy atom. The molecule has 2 rings (SSSR count). The molecule has 0 N–H and O–H groups in total. The van der Waals surface area contributed by atoms with Crippen molar-refractivity contribution in [2.45, 2.75) is 0 Å². The highest BCUT2D eigenvalue weighted by Crippen LogP contribution is 2.16. The summed E-state index contributed by atoms with van der Waals surface area (Å²) in [5, 5.41) is 13.2. The Labute approximate surface area is 82.7 Å². The van der Waals surface area contributed by atoms with Gasteiger partial charge in [-0.3, -0.25) is 0 Å². The summed E-state index contributed by atoms with van der Waals surface area (Å²) in [5.74, 6) is 0. The molecular formula is C12H11NO. The number of hydrogen-bond donors (Lipinski definition) is 0. The molecule has 0 heterocycles. The second-order valence-corrected chi connectivity index (χ2v) is 3.24. The maximum Gasteiger partial charge on any atom is 0.182 e. The summed E-state index contributed by atoms with van der Waals surface area (Å²) in [4.78, 5) is 0. The SMILES string of the molecule is C[N+]([O-])=Cc1cccc2ccccc12. The van der Waals surface area contributed by atoms with E-state index >= 15 is 0 Å². The fraction of sp³-hybridized carbons (Fsp3) is 0.0833. The van der Waals surface area contributed by atoms with Gasteiger partial charge in [0.05, 0.1) is 0 Å². The number of hydroxylamine groups is 1. The number of benzene rings is 2. The van der Waals surface area contributed by atoms with Crippen molar-refractivity contribution in [3.05, 3.63) is 53.2 Å². The molecule has 2 nitrogen and oxygen atoms in total. The number of hydrogen-bond acceptors (Lipinski definition) is 1. The zero-order chi connectivity index (χ0) is 9.97. The Hall–Kier alpha value is -1.83. The molecule has 14 heavy (non-hydrogen) atoms. The quantitative estimate of drug-likeness (QED) is 0.290. The molecule has 0 saturated carbocycles. The number of rotatable bonds is 1. The van der Waals surface area contributed by atoms with Crippen LogP contribution in [0.4, 0.5) is 0 Å². The maximum atomic E-state index is 10.9. The van der Waals surface area contributed by atoms with Crippen LogP contribution >= 0.6 is 0 Å². The predicted octanol–water partition coefficient (Wildman–Crippen LogP) is 2.40. The van der Waals surface area contributed by atoms with Crippen molar-refractivity contribution in [1.29, 1.82) is 0 Å². The Bertz CT molecular complexity index is 479. The molecule has 0 atom stereocenters. The van der Waals surface area contributed by atoms with Crippen molar-refractivity contribution >= 4 is 17.0 Å². The van der Waals surface area contributed by atoms with E-state index in [-0.39, 0.29) is 0 Å². The molecule has 2 heteroatoms. The van der Waals surface area contributed by atoms with Crippen LogP contribution in [0.25, 0.3) is 10.8 Å². The highest BCUT2D eigenvalue weighted by molar-refractivity contribution is 5.98. The van der Waals surface area contributed by atoms with Gasteiger partial charge < -0.3 is 5.21 Å². The van der Waals surface area contributed by atoms with Crippen molar-refractivity contribution in [1.82, 2.24) is 0 Å². The van der Waals surface area contributed by atoms with Crippen molar-refractivity contribution in [2.24, 2.45) is 0 Å². The van der Waals surface area contributed by atoms with Crippen LogP contribution in [-0.2, 0) is 0 Å². The Balaban J connectivity index is 2.71. The highest BCUT2D eigenvalue weighted by atomic mass is 16.5. The van der Waals surface area contributed by atoms with Crippen LogP contribution in [0.1, 0.15) is 5.56 Å². The molecule has 0 amide bonds. The van der Waals surface area contributed by atoms with Crippen molar-refractivity contribution in [2.75, 3.05) is 7.05 Å². The minimum absolute atomic E-state index is 0.821. The first-order valence-electron chi connectivity index (χ1n) is 4.50. The monoisotopic (exact) mass is 185 g/mol. The average molecular weight is 185 g/mol. The van der Waals surface area contributed by atoms with Crippen LogP contribution < -0.4 is 0 Å². The van der Waals surface area contributed by atoms with Gasteiger partial charge in [0.2, 0.25) is 0 Å². The summed E-state index contributed by atoms with van der Waals surface area (Å²) < 4.78 is 0.821. The van der Waals surface area contributed by atoms with Gasteiger partial charge in [-0.2, -0.15) is 0 Å². The van der Waals surface area contributed by atoms with Gasteiger partial charge in [-0.05, 0) is 16.8 Å². The zero-order valence-corrected chi connectivity index (χ0v) is 7.97. The topological polar surface area (TPSA) is 26.1 Å². The molecule has 0 spiro atoms. The summed E-state index contributed by atoms with van der Waals surface area (Å²) >= 11 is 0. The Morgan fingerprint density at radius 1 is 1.07 bits per heavy atom. The van der Waals surface area contributed by atoms with E-state index in [2.05, 4.69) is 0 Å². The van der Waals surface area contributed by atoms with Gasteiger partial charge in [0, 0.05) is 5.56 Å². The minimum Gasteiger partial charge on any atom is -0.624 e. The smallest absolute Gasteiger partial charge is 0.182 e. The fourth-order valence-corrected chi connectivity index (χ4v) is 1.56. The lowest BCUT2D eigenvalue weighted by Gasteiger charge is -2.01. The molecule has 0 aliphatic heterocycles. The lowest BCUT2D eigenvalue weighted by atomic mass is 10.1. The van der Waals surface area contributed by atoms with Gasteiger partial charge >= 0.3 is 0 Å². The molecule has 0 aromatic heterocycles. The van der Waals surface area contributed by atoms with E-state index in [4.69, 9.17) is 0 Å². The third-order valence-electron chi connectivity index (χ3n) is 2.14. The zero-order valence-electron chi connectivity index (χ0n) is 7.97. The molecule has 0 aliphatic rings. The van der Waals surface area contributed by atoms with Crippen molar-refractivity contribution in [3.8, 4) is 0 Å². The van der Waals surface area contributed by atoms with Crippen LogP contribution in [0, 0.1) is 5.21 Å². The number of nitrogens with zero attached hydrogens (tertiary/aromatic N) is 1. The summed E-state index contributed by atoms with van der Waals surface area (Å²) in [7, 11) is 1.49. The molecule has 0 unspecified atom stereocenters. The Kier molecular flexibility index (Phi) is 2.19. The first-order valence-corrected chi connectivity index (χ1v) is 4.50. The molecule has 70 valence electrons. The second kappa shape index (κ2) is 3.50. The van der Waals surface area contributed by atoms with Gasteiger partial charge in [0.15, 0.2) is 6.21 Å². The largest absolute Gasteiger partial charge is 0.624 e. The van der Waals surface area contributed by atoms with Gasteiger partial charge in [-0.25, -0.2) is 4.74 Å². The molecule has 0 bridgehead atoms. The van der Waals surface area contributed by atoms with Crippen molar-refractivity contribution in [3.63, 3.8) is 0 Å². The van der Waals surface area contributed by atoms with E-state index in [1.165, 1.54) is 7.05 Å². The molecular weight excluding hydrogens is 174 g/mol. The van der Waals surface area contributed by atoms with E-state index in [0.717, 1.165) is 21.1 Å². The number of fused-ring (bicyclic) bond motifs is 1. The Morgan fingerprint density at radius 3 is 2.57 bits per heavy atom. The highest BCUT2D eigenvalue weighted by Gasteiger charge is 1.98. The normalized spacial score (nSPS) is 11.9. The van der Waals surface area contributed by atoms with Gasteiger partial charge in [-0.1, -0.05) is 36.4 Å². The second-order valence-electron chi connectivity index (χ2n) is 3.24. The molecule has 0 radical (unpaired) electrons. The van der Waals surface area contributed by atoms with Crippen LogP contribution in [0.3, 0.4) is 0 Å². The van der Waals surface area contributed by atoms with E-state index in [1.54, 1.807) is 6.21 Å². The standard InChI is InChI=1S/C12H11NO/c1-13(14)9-11-7-4-6-10-5-2-3-8-12(10)11/h2-9H,1H3. The first kappa shape index (κ1) is 8.75. The van der Waals surface area contributed by atoms with Crippen LogP contribution in [0.2, 0.25) is 0 Å². The van der Waals surface area contributed by atoms with Crippen LogP contribution in [-0.4, -0.2) is 18.0 Å². The molecule has 0 aliphatic carbocycles. The van der Waals surface area contributed by atoms with E-state index in [1.807, 2.05) is 42.5 Å². The summed E-state index contributed by atoms with van der Waals surface area (Å²) in [6.07, 6.45) is 1.59. The molecule has 2 aromatic carbocycles. The van der Waals surface area contributed by atoms with Crippen molar-refractivity contribution < 1.29 is 4.74 Å². The van der Waals surface area contributed by atoms with Crippen LogP contribution in [0.15, 0.2) is 42.5 Å². The van der Waals surface area contributed by atoms with E-state index in [9.17, 15) is 5.21 Å². The van der Waals surface area contributed by atoms with Gasteiger partial charge in [-0.15, -0.1) is 0 Å². The third kappa shape index (κ3) is 1.59. The first-order chi connectivity index (χ1) is 6.77. The lowest BCUT2D eigenvalue weighted by Crippen LogP contribution is -1.97. The molecule has 0 fully saturated rings. The minimum atomic E-state index is 0.821.